The summed E-state index contributed by atoms with van der Waals surface area (Å²) in [6.07, 6.45) is 3.45. The van der Waals surface area contributed by atoms with Gasteiger partial charge in [-0.1, -0.05) is 48.5 Å². The van der Waals surface area contributed by atoms with Crippen molar-refractivity contribution < 1.29 is 0 Å². The second-order valence-electron chi connectivity index (χ2n) is 9.19. The Hall–Kier alpha value is -4.94. The van der Waals surface area contributed by atoms with E-state index in [0.29, 0.717) is 11.6 Å². The number of hydrogen-bond acceptors (Lipinski definition) is 5. The SMILES string of the molecule is c1ccc(-c2ncnc(-c3ccc(-n4c5cccnc5c5ccc6sc7ccccc7c6c54)cc3)n2)cc1. The summed E-state index contributed by atoms with van der Waals surface area (Å²) in [5.74, 6) is 1.32. The fourth-order valence-electron chi connectivity index (χ4n) is 5.32. The second-order valence-corrected chi connectivity index (χ2v) is 10.3. The van der Waals surface area contributed by atoms with Gasteiger partial charge in [-0.15, -0.1) is 11.3 Å². The van der Waals surface area contributed by atoms with Crippen molar-refractivity contribution in [3.63, 3.8) is 0 Å². The molecule has 0 amide bonds. The number of aromatic nitrogens is 5. The first-order chi connectivity index (χ1) is 18.8. The molecule has 0 aliphatic heterocycles. The van der Waals surface area contributed by atoms with E-state index in [1.54, 1.807) is 6.33 Å². The van der Waals surface area contributed by atoms with E-state index in [4.69, 9.17) is 9.97 Å². The van der Waals surface area contributed by atoms with Gasteiger partial charge in [0.1, 0.15) is 6.33 Å². The minimum atomic E-state index is 0.653. The van der Waals surface area contributed by atoms with Crippen LogP contribution in [0.5, 0.6) is 0 Å². The zero-order valence-corrected chi connectivity index (χ0v) is 20.9. The normalized spacial score (nSPS) is 11.7. The zero-order chi connectivity index (χ0) is 25.1. The number of pyridine rings is 1. The first-order valence-electron chi connectivity index (χ1n) is 12.4. The van der Waals surface area contributed by atoms with E-state index in [9.17, 15) is 0 Å². The Bertz CT molecular complexity index is 2130. The third-order valence-corrected chi connectivity index (χ3v) is 8.15. The minimum Gasteiger partial charge on any atom is -0.307 e. The molecule has 8 aromatic rings. The van der Waals surface area contributed by atoms with Crippen molar-refractivity contribution >= 4 is 53.4 Å². The van der Waals surface area contributed by atoms with Crippen molar-refractivity contribution in [2.24, 2.45) is 0 Å². The molecule has 5 nitrogen and oxygen atoms in total. The van der Waals surface area contributed by atoms with Crippen LogP contribution in [0.4, 0.5) is 0 Å². The van der Waals surface area contributed by atoms with E-state index < -0.39 is 0 Å². The molecule has 0 radical (unpaired) electrons. The molecule has 4 aromatic heterocycles. The lowest BCUT2D eigenvalue weighted by Crippen LogP contribution is -1.97. The quantitative estimate of drug-likeness (QED) is 0.244. The average molecular weight is 506 g/mol. The van der Waals surface area contributed by atoms with E-state index in [-0.39, 0.29) is 0 Å². The lowest BCUT2D eigenvalue weighted by molar-refractivity contribution is 1.06. The summed E-state index contributed by atoms with van der Waals surface area (Å²) in [6, 6.07) is 35.7. The maximum absolute atomic E-state index is 4.79. The van der Waals surface area contributed by atoms with Gasteiger partial charge < -0.3 is 4.57 Å². The smallest absolute Gasteiger partial charge is 0.163 e. The molecule has 4 aromatic carbocycles. The Balaban J connectivity index is 1.34. The predicted octanol–water partition coefficient (Wildman–Crippen LogP) is 8.07. The molecule has 0 aliphatic rings. The van der Waals surface area contributed by atoms with Crippen molar-refractivity contribution in [2.75, 3.05) is 0 Å². The Kier molecular flexibility index (Phi) is 4.62. The maximum atomic E-state index is 4.79. The maximum Gasteiger partial charge on any atom is 0.163 e. The van der Waals surface area contributed by atoms with Gasteiger partial charge in [-0.25, -0.2) is 15.0 Å². The monoisotopic (exact) mass is 505 g/mol. The average Bonchev–Trinajstić information content (AvgIpc) is 3.53. The van der Waals surface area contributed by atoms with Gasteiger partial charge in [0.05, 0.1) is 16.6 Å². The molecule has 0 bridgehead atoms. The third-order valence-electron chi connectivity index (χ3n) is 7.01. The second kappa shape index (κ2) is 8.30. The zero-order valence-electron chi connectivity index (χ0n) is 20.1. The standard InChI is InChI=1S/C32H19N5S/c1-2-7-20(8-3-1)31-34-19-35-32(36-31)21-12-14-22(15-13-21)37-25-10-6-18-33-29(25)24-16-17-27-28(30(24)37)23-9-4-5-11-26(23)38-27/h1-19H. The van der Waals surface area contributed by atoms with E-state index in [1.165, 1.54) is 25.7 Å². The summed E-state index contributed by atoms with van der Waals surface area (Å²) in [5.41, 5.74) is 6.27. The third kappa shape index (κ3) is 3.17. The van der Waals surface area contributed by atoms with Crippen LogP contribution in [0.1, 0.15) is 0 Å². The summed E-state index contributed by atoms with van der Waals surface area (Å²) < 4.78 is 4.91. The Labute approximate surface area is 221 Å². The minimum absolute atomic E-state index is 0.653. The van der Waals surface area contributed by atoms with E-state index in [0.717, 1.165) is 33.2 Å². The summed E-state index contributed by atoms with van der Waals surface area (Å²) in [5, 5.41) is 3.71. The van der Waals surface area contributed by atoms with Crippen molar-refractivity contribution in [2.45, 2.75) is 0 Å². The topological polar surface area (TPSA) is 56.5 Å². The fraction of sp³-hybridized carbons (Fsp3) is 0. The Morgan fingerprint density at radius 1 is 0.579 bits per heavy atom. The molecule has 4 heterocycles. The van der Waals surface area contributed by atoms with Crippen molar-refractivity contribution in [3.05, 3.63) is 116 Å². The first-order valence-corrected chi connectivity index (χ1v) is 13.2. The van der Waals surface area contributed by atoms with Crippen molar-refractivity contribution in [1.29, 1.82) is 0 Å². The molecule has 0 N–H and O–H groups in total. The van der Waals surface area contributed by atoms with Crippen LogP contribution in [-0.2, 0) is 0 Å². The molecule has 178 valence electrons. The molecule has 0 saturated carbocycles. The van der Waals surface area contributed by atoms with Crippen LogP contribution in [0.2, 0.25) is 0 Å². The van der Waals surface area contributed by atoms with E-state index in [1.807, 2.05) is 53.9 Å². The van der Waals surface area contributed by atoms with Crippen LogP contribution in [0, 0.1) is 0 Å². The van der Waals surface area contributed by atoms with Gasteiger partial charge in [0, 0.05) is 48.6 Å². The number of rotatable bonds is 3. The molecule has 0 saturated heterocycles. The number of thiophene rings is 1. The van der Waals surface area contributed by atoms with Crippen molar-refractivity contribution in [3.8, 4) is 28.5 Å². The molecule has 6 heteroatoms. The summed E-state index contributed by atoms with van der Waals surface area (Å²) in [4.78, 5) is 18.4. The molecular formula is C32H19N5S. The van der Waals surface area contributed by atoms with Gasteiger partial charge in [-0.05, 0) is 54.6 Å². The van der Waals surface area contributed by atoms with Gasteiger partial charge >= 0.3 is 0 Å². The van der Waals surface area contributed by atoms with Gasteiger partial charge in [0.15, 0.2) is 11.6 Å². The van der Waals surface area contributed by atoms with Gasteiger partial charge in [-0.2, -0.15) is 0 Å². The largest absolute Gasteiger partial charge is 0.307 e. The molecule has 0 aliphatic carbocycles. The first kappa shape index (κ1) is 21.2. The van der Waals surface area contributed by atoms with Crippen molar-refractivity contribution in [1.82, 2.24) is 24.5 Å². The van der Waals surface area contributed by atoms with Gasteiger partial charge in [-0.3, -0.25) is 4.98 Å². The van der Waals surface area contributed by atoms with Crippen LogP contribution in [0.3, 0.4) is 0 Å². The molecular weight excluding hydrogens is 486 g/mol. The molecule has 0 fully saturated rings. The number of hydrogen-bond donors (Lipinski definition) is 0. The molecule has 8 rings (SSSR count). The number of nitrogens with zero attached hydrogens (tertiary/aromatic N) is 5. The highest BCUT2D eigenvalue weighted by atomic mass is 32.1. The lowest BCUT2D eigenvalue weighted by Gasteiger charge is -2.10. The summed E-state index contributed by atoms with van der Waals surface area (Å²) in [6.45, 7) is 0. The fourth-order valence-corrected chi connectivity index (χ4v) is 6.43. The van der Waals surface area contributed by atoms with Crippen LogP contribution < -0.4 is 0 Å². The summed E-state index contributed by atoms with van der Waals surface area (Å²) >= 11 is 1.83. The van der Waals surface area contributed by atoms with Crippen LogP contribution in [0.15, 0.2) is 116 Å². The number of fused-ring (bicyclic) bond motifs is 7. The van der Waals surface area contributed by atoms with Crippen LogP contribution in [-0.4, -0.2) is 24.5 Å². The van der Waals surface area contributed by atoms with Gasteiger partial charge in [0.25, 0.3) is 0 Å². The highest BCUT2D eigenvalue weighted by Gasteiger charge is 2.18. The van der Waals surface area contributed by atoms with Crippen LogP contribution in [0.25, 0.3) is 70.6 Å². The number of benzene rings is 4. The van der Waals surface area contributed by atoms with E-state index >= 15 is 0 Å². The molecule has 0 unspecified atom stereocenters. The molecule has 0 spiro atoms. The molecule has 0 atom stereocenters. The highest BCUT2D eigenvalue weighted by molar-refractivity contribution is 7.26. The Morgan fingerprint density at radius 3 is 2.18 bits per heavy atom. The predicted molar refractivity (Wildman–Crippen MR) is 156 cm³/mol. The Morgan fingerprint density at radius 2 is 1.34 bits per heavy atom. The van der Waals surface area contributed by atoms with Crippen LogP contribution >= 0.6 is 11.3 Å². The lowest BCUT2D eigenvalue weighted by atomic mass is 10.1. The summed E-state index contributed by atoms with van der Waals surface area (Å²) in [7, 11) is 0. The molecule has 38 heavy (non-hydrogen) atoms. The highest BCUT2D eigenvalue weighted by Crippen LogP contribution is 2.42. The van der Waals surface area contributed by atoms with Gasteiger partial charge in [0.2, 0.25) is 0 Å². The van der Waals surface area contributed by atoms with E-state index in [2.05, 4.69) is 81.3 Å².